The molecule has 6 nitrogen and oxygen atoms in total. The third-order valence-electron chi connectivity index (χ3n) is 3.79. The van der Waals surface area contributed by atoms with Crippen LogP contribution in [0.3, 0.4) is 0 Å². The summed E-state index contributed by atoms with van der Waals surface area (Å²) in [4.78, 5) is 28.5. The van der Waals surface area contributed by atoms with Gasteiger partial charge in [0.15, 0.2) is 5.76 Å². The average Bonchev–Trinajstić information content (AvgIpc) is 3.23. The lowest BCUT2D eigenvalue weighted by atomic mass is 10.1. The van der Waals surface area contributed by atoms with Crippen molar-refractivity contribution >= 4 is 35.0 Å². The predicted octanol–water partition coefficient (Wildman–Crippen LogP) is 4.92. The lowest BCUT2D eigenvalue weighted by Crippen LogP contribution is -2.18. The molecule has 29 heavy (non-hydrogen) atoms. The third kappa shape index (κ3) is 4.77. The van der Waals surface area contributed by atoms with Crippen LogP contribution in [-0.2, 0) is 6.18 Å². The van der Waals surface area contributed by atoms with Crippen molar-refractivity contribution in [1.29, 1.82) is 0 Å². The van der Waals surface area contributed by atoms with Crippen LogP contribution < -0.4 is 10.6 Å². The highest BCUT2D eigenvalue weighted by Gasteiger charge is 2.34. The molecule has 10 heteroatoms. The maximum absolute atomic E-state index is 13.5. The number of anilines is 2. The van der Waals surface area contributed by atoms with E-state index in [1.807, 2.05) is 0 Å². The van der Waals surface area contributed by atoms with Crippen molar-refractivity contribution < 1.29 is 27.2 Å². The van der Waals surface area contributed by atoms with Crippen LogP contribution in [-0.4, -0.2) is 23.1 Å². The Kier molecular flexibility index (Phi) is 5.92. The second-order valence-corrected chi connectivity index (χ2v) is 6.50. The van der Waals surface area contributed by atoms with Crippen LogP contribution in [0.1, 0.15) is 26.5 Å². The summed E-state index contributed by atoms with van der Waals surface area (Å²) in [5, 5.41) is 4.99. The van der Waals surface area contributed by atoms with E-state index < -0.39 is 29.2 Å². The Morgan fingerprint density at radius 2 is 1.86 bits per heavy atom. The second kappa shape index (κ2) is 8.39. The monoisotopic (exact) mass is 421 g/mol. The average molecular weight is 421 g/mol. The highest BCUT2D eigenvalue weighted by atomic mass is 32.2. The van der Waals surface area contributed by atoms with Crippen LogP contribution in [0, 0.1) is 0 Å². The zero-order valence-corrected chi connectivity index (χ0v) is 15.7. The van der Waals surface area contributed by atoms with Crippen molar-refractivity contribution in [1.82, 2.24) is 4.98 Å². The molecule has 2 aromatic heterocycles. The minimum atomic E-state index is -4.76. The van der Waals surface area contributed by atoms with Gasteiger partial charge < -0.3 is 15.1 Å². The van der Waals surface area contributed by atoms with E-state index in [4.69, 9.17) is 4.42 Å². The second-order valence-electron chi connectivity index (χ2n) is 5.70. The van der Waals surface area contributed by atoms with Crippen LogP contribution in [0.2, 0.25) is 0 Å². The molecule has 0 fully saturated rings. The summed E-state index contributed by atoms with van der Waals surface area (Å²) < 4.78 is 45.5. The SMILES string of the molecule is CSc1ncccc1C(=O)Nc1ccc(NC(=O)c2ccco2)cc1C(F)(F)F. The van der Waals surface area contributed by atoms with Crippen molar-refractivity contribution in [3.63, 3.8) is 0 Å². The molecule has 1 aromatic carbocycles. The number of pyridine rings is 1. The van der Waals surface area contributed by atoms with Gasteiger partial charge in [0.1, 0.15) is 5.03 Å². The van der Waals surface area contributed by atoms with Crippen molar-refractivity contribution in [2.45, 2.75) is 11.2 Å². The molecule has 150 valence electrons. The number of carbonyl (C=O) groups is 2. The van der Waals surface area contributed by atoms with Crippen LogP contribution in [0.5, 0.6) is 0 Å². The number of thioether (sulfide) groups is 1. The van der Waals surface area contributed by atoms with Gasteiger partial charge in [-0.05, 0) is 48.7 Å². The maximum atomic E-state index is 13.5. The Morgan fingerprint density at radius 3 is 2.52 bits per heavy atom. The van der Waals surface area contributed by atoms with E-state index in [9.17, 15) is 22.8 Å². The smallest absolute Gasteiger partial charge is 0.418 e. The molecule has 0 atom stereocenters. The predicted molar refractivity (Wildman–Crippen MR) is 102 cm³/mol. The van der Waals surface area contributed by atoms with Crippen LogP contribution in [0.25, 0.3) is 0 Å². The molecule has 2 amide bonds. The number of carbonyl (C=O) groups excluding carboxylic acids is 2. The highest BCUT2D eigenvalue weighted by Crippen LogP contribution is 2.37. The lowest BCUT2D eigenvalue weighted by Gasteiger charge is -2.16. The molecule has 2 N–H and O–H groups in total. The number of nitrogens with zero attached hydrogens (tertiary/aromatic N) is 1. The standard InChI is InChI=1S/C19H14F3N3O3S/c1-29-18-12(4-2-8-23-18)16(26)25-14-7-6-11(10-13(14)19(20,21)22)24-17(27)15-5-3-9-28-15/h2-10H,1H3,(H,24,27)(H,25,26). The van der Waals surface area contributed by atoms with Crippen LogP contribution in [0.4, 0.5) is 24.5 Å². The van der Waals surface area contributed by atoms with Crippen molar-refractivity contribution in [3.05, 3.63) is 71.8 Å². The Morgan fingerprint density at radius 1 is 1.07 bits per heavy atom. The molecule has 0 saturated heterocycles. The van der Waals surface area contributed by atoms with Gasteiger partial charge in [0, 0.05) is 11.9 Å². The molecule has 0 aliphatic carbocycles. The van der Waals surface area contributed by atoms with Gasteiger partial charge in [0.25, 0.3) is 11.8 Å². The normalized spacial score (nSPS) is 11.2. The molecule has 0 unspecified atom stereocenters. The summed E-state index contributed by atoms with van der Waals surface area (Å²) in [7, 11) is 0. The number of hydrogen-bond acceptors (Lipinski definition) is 5. The molecular weight excluding hydrogens is 407 g/mol. The quantitative estimate of drug-likeness (QED) is 0.572. The van der Waals surface area contributed by atoms with Gasteiger partial charge in [-0.3, -0.25) is 9.59 Å². The summed E-state index contributed by atoms with van der Waals surface area (Å²) in [6.45, 7) is 0. The zero-order chi connectivity index (χ0) is 21.0. The number of rotatable bonds is 5. The molecule has 0 radical (unpaired) electrons. The fourth-order valence-electron chi connectivity index (χ4n) is 2.48. The van der Waals surface area contributed by atoms with E-state index in [1.165, 1.54) is 54.6 Å². The van der Waals surface area contributed by atoms with E-state index in [1.54, 1.807) is 6.26 Å². The third-order valence-corrected chi connectivity index (χ3v) is 4.50. The number of furan rings is 1. The lowest BCUT2D eigenvalue weighted by molar-refractivity contribution is -0.136. The highest BCUT2D eigenvalue weighted by molar-refractivity contribution is 7.98. The zero-order valence-electron chi connectivity index (χ0n) is 14.9. The number of hydrogen-bond donors (Lipinski definition) is 2. The van der Waals surface area contributed by atoms with Gasteiger partial charge in [-0.2, -0.15) is 13.2 Å². The number of alkyl halides is 3. The first-order valence-corrected chi connectivity index (χ1v) is 9.38. The minimum absolute atomic E-state index is 0.0443. The minimum Gasteiger partial charge on any atom is -0.459 e. The van der Waals surface area contributed by atoms with Gasteiger partial charge in [-0.1, -0.05) is 0 Å². The number of aromatic nitrogens is 1. The molecule has 0 bridgehead atoms. The first-order valence-electron chi connectivity index (χ1n) is 8.16. The molecule has 2 heterocycles. The fourth-order valence-corrected chi connectivity index (χ4v) is 3.03. The Labute approximate surface area is 167 Å². The molecule has 0 saturated carbocycles. The maximum Gasteiger partial charge on any atom is 0.418 e. The van der Waals surface area contributed by atoms with Gasteiger partial charge in [-0.15, -0.1) is 11.8 Å². The van der Waals surface area contributed by atoms with Crippen LogP contribution in [0.15, 0.2) is 64.4 Å². The Balaban J connectivity index is 1.88. The van der Waals surface area contributed by atoms with E-state index in [-0.39, 0.29) is 17.0 Å². The number of amides is 2. The summed E-state index contributed by atoms with van der Waals surface area (Å²) in [5.74, 6) is -1.46. The van der Waals surface area contributed by atoms with E-state index in [2.05, 4.69) is 15.6 Å². The topological polar surface area (TPSA) is 84.2 Å². The van der Waals surface area contributed by atoms with Gasteiger partial charge >= 0.3 is 6.18 Å². The van der Waals surface area contributed by atoms with Gasteiger partial charge in [0.05, 0.1) is 23.1 Å². The van der Waals surface area contributed by atoms with E-state index in [0.29, 0.717) is 5.03 Å². The van der Waals surface area contributed by atoms with Crippen LogP contribution >= 0.6 is 11.8 Å². The molecule has 3 rings (SSSR count). The van der Waals surface area contributed by atoms with Crippen molar-refractivity contribution in [2.75, 3.05) is 16.9 Å². The first kappa shape index (κ1) is 20.5. The van der Waals surface area contributed by atoms with Gasteiger partial charge in [0.2, 0.25) is 0 Å². The summed E-state index contributed by atoms with van der Waals surface area (Å²) in [5.41, 5.74) is -1.47. The molecular formula is C19H14F3N3O3S. The molecule has 0 aliphatic heterocycles. The first-order chi connectivity index (χ1) is 13.8. The Hall–Kier alpha value is -3.27. The summed E-state index contributed by atoms with van der Waals surface area (Å²) >= 11 is 1.20. The fraction of sp³-hybridized carbons (Fsp3) is 0.105. The summed E-state index contributed by atoms with van der Waals surface area (Å²) in [6, 6.07) is 8.93. The van der Waals surface area contributed by atoms with Crippen molar-refractivity contribution in [2.24, 2.45) is 0 Å². The molecule has 0 spiro atoms. The molecule has 0 aliphatic rings. The molecule has 3 aromatic rings. The Bertz CT molecular complexity index is 1040. The number of benzene rings is 1. The van der Waals surface area contributed by atoms with E-state index >= 15 is 0 Å². The van der Waals surface area contributed by atoms with Crippen molar-refractivity contribution in [3.8, 4) is 0 Å². The number of halogens is 3. The number of nitrogens with one attached hydrogen (secondary N) is 2. The largest absolute Gasteiger partial charge is 0.459 e. The van der Waals surface area contributed by atoms with Gasteiger partial charge in [-0.25, -0.2) is 4.98 Å². The van der Waals surface area contributed by atoms with E-state index in [0.717, 1.165) is 12.1 Å². The summed E-state index contributed by atoms with van der Waals surface area (Å²) in [6.07, 6.45) is -0.293.